The van der Waals surface area contributed by atoms with Gasteiger partial charge in [-0.3, -0.25) is 0 Å². The minimum absolute atomic E-state index is 0.315. The summed E-state index contributed by atoms with van der Waals surface area (Å²) < 4.78 is 16.7. The number of aryl methyl sites for hydroxylation is 1. The summed E-state index contributed by atoms with van der Waals surface area (Å²) in [6.07, 6.45) is 0.807. The number of rotatable bonds is 1. The molecule has 0 bridgehead atoms. The molecule has 4 rings (SSSR count). The second kappa shape index (κ2) is 5.43. The third kappa shape index (κ3) is 2.44. The zero-order valence-corrected chi connectivity index (χ0v) is 12.7. The highest BCUT2D eigenvalue weighted by Crippen LogP contribution is 2.33. The number of benzene rings is 2. The van der Waals surface area contributed by atoms with Gasteiger partial charge in [0.15, 0.2) is 11.5 Å². The summed E-state index contributed by atoms with van der Waals surface area (Å²) in [7, 11) is 0. The van der Waals surface area contributed by atoms with E-state index in [0.29, 0.717) is 41.5 Å². The molecule has 0 atom stereocenters. The Morgan fingerprint density at radius 2 is 1.78 bits per heavy atom. The van der Waals surface area contributed by atoms with Crippen LogP contribution in [0, 0.1) is 6.92 Å². The summed E-state index contributed by atoms with van der Waals surface area (Å²) in [6.45, 7) is 3.11. The van der Waals surface area contributed by atoms with Crippen LogP contribution in [0.2, 0.25) is 0 Å². The van der Waals surface area contributed by atoms with E-state index >= 15 is 0 Å². The largest absolute Gasteiger partial charge is 0.490 e. The molecule has 0 aliphatic carbocycles. The van der Waals surface area contributed by atoms with E-state index < -0.39 is 5.63 Å². The summed E-state index contributed by atoms with van der Waals surface area (Å²) in [5.74, 6) is 1.49. The fourth-order valence-corrected chi connectivity index (χ4v) is 2.66. The standard InChI is InChI=1S/C18H15NO4/c1-11-5-2-3-6-12(11)17-19-14-10-16-15(21-7-4-8-22-16)9-13(14)18(20)23-17/h2-3,5-6,9-10H,4,7-8H2,1H3. The van der Waals surface area contributed by atoms with Crippen molar-refractivity contribution in [3.63, 3.8) is 0 Å². The van der Waals surface area contributed by atoms with E-state index in [0.717, 1.165) is 17.5 Å². The van der Waals surface area contributed by atoms with E-state index in [1.54, 1.807) is 12.1 Å². The molecule has 2 heterocycles. The van der Waals surface area contributed by atoms with Gasteiger partial charge in [0.1, 0.15) is 0 Å². The van der Waals surface area contributed by atoms with Crippen LogP contribution in [-0.4, -0.2) is 18.2 Å². The lowest BCUT2D eigenvalue weighted by Gasteiger charge is -2.09. The first-order valence-corrected chi connectivity index (χ1v) is 7.53. The van der Waals surface area contributed by atoms with Gasteiger partial charge in [0.2, 0.25) is 5.89 Å². The van der Waals surface area contributed by atoms with E-state index in [-0.39, 0.29) is 0 Å². The first-order chi connectivity index (χ1) is 11.2. The quantitative estimate of drug-likeness (QED) is 0.690. The zero-order chi connectivity index (χ0) is 15.8. The molecule has 2 aromatic carbocycles. The van der Waals surface area contributed by atoms with Crippen molar-refractivity contribution in [2.75, 3.05) is 13.2 Å². The van der Waals surface area contributed by atoms with Crippen molar-refractivity contribution >= 4 is 10.9 Å². The molecule has 1 aliphatic heterocycles. The summed E-state index contributed by atoms with van der Waals surface area (Å²) in [5, 5.41) is 0.395. The van der Waals surface area contributed by atoms with Gasteiger partial charge in [-0.15, -0.1) is 0 Å². The van der Waals surface area contributed by atoms with Gasteiger partial charge in [0.05, 0.1) is 24.1 Å². The number of fused-ring (bicyclic) bond motifs is 2. The van der Waals surface area contributed by atoms with Gasteiger partial charge in [-0.1, -0.05) is 18.2 Å². The topological polar surface area (TPSA) is 61.6 Å². The van der Waals surface area contributed by atoms with E-state index in [1.165, 1.54) is 0 Å². The van der Waals surface area contributed by atoms with E-state index in [9.17, 15) is 4.79 Å². The number of hydrogen-bond acceptors (Lipinski definition) is 5. The molecule has 0 spiro atoms. The average Bonchev–Trinajstić information content (AvgIpc) is 2.78. The maximum atomic E-state index is 12.4. The molecule has 0 saturated carbocycles. The number of ether oxygens (including phenoxy) is 2. The molecule has 0 fully saturated rings. The number of nitrogens with zero attached hydrogens (tertiary/aromatic N) is 1. The van der Waals surface area contributed by atoms with Crippen LogP contribution >= 0.6 is 0 Å². The second-order valence-corrected chi connectivity index (χ2v) is 5.49. The molecule has 5 heteroatoms. The smallest absolute Gasteiger partial charge is 0.347 e. The lowest BCUT2D eigenvalue weighted by Crippen LogP contribution is -2.04. The Kier molecular flexibility index (Phi) is 3.26. The summed E-state index contributed by atoms with van der Waals surface area (Å²) in [4.78, 5) is 16.9. The monoisotopic (exact) mass is 309 g/mol. The molecule has 5 nitrogen and oxygen atoms in total. The van der Waals surface area contributed by atoms with Gasteiger partial charge in [0, 0.05) is 24.1 Å². The van der Waals surface area contributed by atoms with Crippen LogP contribution < -0.4 is 15.1 Å². The van der Waals surface area contributed by atoms with Gasteiger partial charge in [0.25, 0.3) is 0 Å². The highest BCUT2D eigenvalue weighted by Gasteiger charge is 2.16. The van der Waals surface area contributed by atoms with Gasteiger partial charge in [-0.25, -0.2) is 9.78 Å². The van der Waals surface area contributed by atoms with Crippen molar-refractivity contribution in [1.82, 2.24) is 4.98 Å². The van der Waals surface area contributed by atoms with Crippen molar-refractivity contribution in [3.8, 4) is 23.0 Å². The molecule has 0 N–H and O–H groups in total. The van der Waals surface area contributed by atoms with Crippen LogP contribution in [-0.2, 0) is 0 Å². The molecule has 0 unspecified atom stereocenters. The molecular formula is C18H15NO4. The summed E-state index contributed by atoms with van der Waals surface area (Å²) in [5.41, 5.74) is 1.92. The normalized spacial score (nSPS) is 13.8. The number of aromatic nitrogens is 1. The third-order valence-electron chi connectivity index (χ3n) is 3.87. The van der Waals surface area contributed by atoms with Crippen LogP contribution in [0.3, 0.4) is 0 Å². The van der Waals surface area contributed by atoms with Gasteiger partial charge >= 0.3 is 5.63 Å². The van der Waals surface area contributed by atoms with Crippen LogP contribution in [0.5, 0.6) is 11.5 Å². The lowest BCUT2D eigenvalue weighted by molar-refractivity contribution is 0.297. The highest BCUT2D eigenvalue weighted by molar-refractivity contribution is 5.82. The predicted octanol–water partition coefficient (Wildman–Crippen LogP) is 3.32. The Morgan fingerprint density at radius 1 is 1.04 bits per heavy atom. The second-order valence-electron chi connectivity index (χ2n) is 5.49. The van der Waals surface area contributed by atoms with Crippen LogP contribution in [0.25, 0.3) is 22.4 Å². The zero-order valence-electron chi connectivity index (χ0n) is 12.7. The van der Waals surface area contributed by atoms with Crippen molar-refractivity contribution in [1.29, 1.82) is 0 Å². The highest BCUT2D eigenvalue weighted by atomic mass is 16.5. The Labute approximate surface area is 132 Å². The van der Waals surface area contributed by atoms with Crippen LogP contribution in [0.15, 0.2) is 45.6 Å². The molecule has 0 saturated heterocycles. The molecule has 0 amide bonds. The fourth-order valence-electron chi connectivity index (χ4n) is 2.66. The lowest BCUT2D eigenvalue weighted by atomic mass is 10.1. The summed E-state index contributed by atoms with van der Waals surface area (Å²) >= 11 is 0. The van der Waals surface area contributed by atoms with Crippen molar-refractivity contribution in [3.05, 3.63) is 52.4 Å². The number of hydrogen-bond donors (Lipinski definition) is 0. The van der Waals surface area contributed by atoms with Crippen molar-refractivity contribution < 1.29 is 13.9 Å². The molecule has 1 aliphatic rings. The molecule has 3 aromatic rings. The predicted molar refractivity (Wildman–Crippen MR) is 86.1 cm³/mol. The molecule has 0 radical (unpaired) electrons. The van der Waals surface area contributed by atoms with E-state index in [1.807, 2.05) is 31.2 Å². The third-order valence-corrected chi connectivity index (χ3v) is 3.87. The average molecular weight is 309 g/mol. The van der Waals surface area contributed by atoms with Crippen molar-refractivity contribution in [2.24, 2.45) is 0 Å². The first kappa shape index (κ1) is 13.8. The molecule has 116 valence electrons. The van der Waals surface area contributed by atoms with E-state index in [2.05, 4.69) is 4.98 Å². The minimum atomic E-state index is -0.427. The first-order valence-electron chi connectivity index (χ1n) is 7.53. The van der Waals surface area contributed by atoms with Gasteiger partial charge in [-0.2, -0.15) is 0 Å². The molecule has 23 heavy (non-hydrogen) atoms. The SMILES string of the molecule is Cc1ccccc1-c1nc2cc3c(cc2c(=O)o1)OCCCO3. The Bertz CT molecular complexity index is 945. The van der Waals surface area contributed by atoms with Crippen LogP contribution in [0.1, 0.15) is 12.0 Å². The van der Waals surface area contributed by atoms with Crippen LogP contribution in [0.4, 0.5) is 0 Å². The fraction of sp³-hybridized carbons (Fsp3) is 0.222. The maximum Gasteiger partial charge on any atom is 0.347 e. The molecular weight excluding hydrogens is 294 g/mol. The Balaban J connectivity index is 1.94. The maximum absolute atomic E-state index is 12.4. The van der Waals surface area contributed by atoms with Crippen molar-refractivity contribution in [2.45, 2.75) is 13.3 Å². The summed E-state index contributed by atoms with van der Waals surface area (Å²) in [6, 6.07) is 11.1. The van der Waals surface area contributed by atoms with Gasteiger partial charge < -0.3 is 13.9 Å². The molecule has 1 aromatic heterocycles. The Morgan fingerprint density at radius 3 is 2.57 bits per heavy atom. The van der Waals surface area contributed by atoms with Gasteiger partial charge in [-0.05, 0) is 18.6 Å². The van der Waals surface area contributed by atoms with E-state index in [4.69, 9.17) is 13.9 Å². The Hall–Kier alpha value is -2.82. The minimum Gasteiger partial charge on any atom is -0.490 e.